The van der Waals surface area contributed by atoms with Crippen molar-refractivity contribution in [3.05, 3.63) is 59.8 Å². The van der Waals surface area contributed by atoms with E-state index >= 15 is 0 Å². The molecular weight excluding hydrogens is 290 g/mol. The summed E-state index contributed by atoms with van der Waals surface area (Å²) in [7, 11) is 1.75. The standard InChI is InChI=1S/C18H19N3O2/c1-13-7-9-14(10-8-13)23-12-11-21(2)18(22)17-15-5-3-4-6-16(15)19-20-17/h3-10H,11-12H2,1-2H3,(H,19,20). The number of aromatic amines is 1. The van der Waals surface area contributed by atoms with E-state index in [4.69, 9.17) is 4.74 Å². The van der Waals surface area contributed by atoms with Crippen molar-refractivity contribution >= 4 is 16.8 Å². The van der Waals surface area contributed by atoms with Crippen molar-refractivity contribution in [1.29, 1.82) is 0 Å². The Morgan fingerprint density at radius 1 is 1.17 bits per heavy atom. The number of carbonyl (C=O) groups is 1. The first-order valence-electron chi connectivity index (χ1n) is 7.53. The number of para-hydroxylation sites is 1. The van der Waals surface area contributed by atoms with Gasteiger partial charge in [-0.3, -0.25) is 9.89 Å². The summed E-state index contributed by atoms with van der Waals surface area (Å²) in [6.07, 6.45) is 0. The van der Waals surface area contributed by atoms with Crippen LogP contribution in [0.4, 0.5) is 0 Å². The summed E-state index contributed by atoms with van der Waals surface area (Å²) in [5.74, 6) is 0.691. The van der Waals surface area contributed by atoms with Crippen LogP contribution in [0.15, 0.2) is 48.5 Å². The van der Waals surface area contributed by atoms with Gasteiger partial charge in [0.15, 0.2) is 5.69 Å². The minimum atomic E-state index is -0.116. The molecule has 0 bridgehead atoms. The molecule has 0 atom stereocenters. The maximum atomic E-state index is 12.5. The van der Waals surface area contributed by atoms with Gasteiger partial charge in [-0.2, -0.15) is 5.10 Å². The molecule has 1 aromatic heterocycles. The highest BCUT2D eigenvalue weighted by atomic mass is 16.5. The van der Waals surface area contributed by atoms with Crippen molar-refractivity contribution in [1.82, 2.24) is 15.1 Å². The summed E-state index contributed by atoms with van der Waals surface area (Å²) >= 11 is 0. The highest BCUT2D eigenvalue weighted by Crippen LogP contribution is 2.16. The lowest BCUT2D eigenvalue weighted by molar-refractivity contribution is 0.0770. The number of amides is 1. The minimum absolute atomic E-state index is 0.116. The summed E-state index contributed by atoms with van der Waals surface area (Å²) in [6.45, 7) is 2.96. The van der Waals surface area contributed by atoms with E-state index in [0.29, 0.717) is 18.8 Å². The SMILES string of the molecule is Cc1ccc(OCCN(C)C(=O)c2n[nH]c3ccccc23)cc1. The van der Waals surface area contributed by atoms with Gasteiger partial charge in [-0.05, 0) is 25.1 Å². The van der Waals surface area contributed by atoms with Gasteiger partial charge in [0.25, 0.3) is 5.91 Å². The number of ether oxygens (including phenoxy) is 1. The number of fused-ring (bicyclic) bond motifs is 1. The van der Waals surface area contributed by atoms with E-state index < -0.39 is 0 Å². The smallest absolute Gasteiger partial charge is 0.274 e. The molecule has 1 amide bonds. The molecule has 3 rings (SSSR count). The molecule has 1 N–H and O–H groups in total. The van der Waals surface area contributed by atoms with E-state index in [1.165, 1.54) is 5.56 Å². The lowest BCUT2D eigenvalue weighted by Crippen LogP contribution is -2.31. The zero-order chi connectivity index (χ0) is 16.2. The number of carbonyl (C=O) groups excluding carboxylic acids is 1. The van der Waals surface area contributed by atoms with Gasteiger partial charge in [0.1, 0.15) is 12.4 Å². The van der Waals surface area contributed by atoms with Crippen molar-refractivity contribution in [3.8, 4) is 5.75 Å². The van der Waals surface area contributed by atoms with Gasteiger partial charge in [0, 0.05) is 12.4 Å². The second-order valence-electron chi connectivity index (χ2n) is 5.51. The molecule has 0 saturated carbocycles. The van der Waals surface area contributed by atoms with Crippen LogP contribution in [-0.4, -0.2) is 41.2 Å². The van der Waals surface area contributed by atoms with Crippen LogP contribution in [-0.2, 0) is 0 Å². The summed E-state index contributed by atoms with van der Waals surface area (Å²) in [5.41, 5.74) is 2.49. The van der Waals surface area contributed by atoms with Gasteiger partial charge in [-0.25, -0.2) is 0 Å². The molecule has 118 valence electrons. The number of likely N-dealkylation sites (N-methyl/N-ethyl adjacent to an activating group) is 1. The number of nitrogens with one attached hydrogen (secondary N) is 1. The van der Waals surface area contributed by atoms with E-state index in [1.54, 1.807) is 11.9 Å². The molecule has 0 aliphatic rings. The maximum Gasteiger partial charge on any atom is 0.274 e. The van der Waals surface area contributed by atoms with Crippen LogP contribution in [0.5, 0.6) is 5.75 Å². The van der Waals surface area contributed by atoms with Crippen LogP contribution in [0.25, 0.3) is 10.9 Å². The van der Waals surface area contributed by atoms with Crippen LogP contribution in [0.1, 0.15) is 16.1 Å². The molecule has 0 aliphatic carbocycles. The monoisotopic (exact) mass is 309 g/mol. The van der Waals surface area contributed by atoms with Gasteiger partial charge in [-0.15, -0.1) is 0 Å². The number of nitrogens with zero attached hydrogens (tertiary/aromatic N) is 2. The summed E-state index contributed by atoms with van der Waals surface area (Å²) in [5, 5.41) is 7.85. The summed E-state index contributed by atoms with van der Waals surface area (Å²) < 4.78 is 5.66. The van der Waals surface area contributed by atoms with Crippen molar-refractivity contribution in [2.75, 3.05) is 20.2 Å². The molecule has 3 aromatic rings. The number of aromatic nitrogens is 2. The molecule has 1 heterocycles. The number of aryl methyl sites for hydroxylation is 1. The first-order valence-corrected chi connectivity index (χ1v) is 7.53. The topological polar surface area (TPSA) is 58.2 Å². The lowest BCUT2D eigenvalue weighted by Gasteiger charge is -2.16. The van der Waals surface area contributed by atoms with Gasteiger partial charge < -0.3 is 9.64 Å². The molecule has 0 radical (unpaired) electrons. The predicted molar refractivity (Wildman–Crippen MR) is 89.7 cm³/mol. The fourth-order valence-electron chi connectivity index (χ4n) is 2.34. The second-order valence-corrected chi connectivity index (χ2v) is 5.51. The average molecular weight is 309 g/mol. The largest absolute Gasteiger partial charge is 0.492 e. The Balaban J connectivity index is 1.60. The molecule has 5 heteroatoms. The fraction of sp³-hybridized carbons (Fsp3) is 0.222. The number of rotatable bonds is 5. The Morgan fingerprint density at radius 2 is 1.91 bits per heavy atom. The third-order valence-corrected chi connectivity index (χ3v) is 3.74. The Labute approximate surface area is 134 Å². The molecule has 0 spiro atoms. The molecule has 0 saturated heterocycles. The summed E-state index contributed by atoms with van der Waals surface area (Å²) in [4.78, 5) is 14.1. The van der Waals surface area contributed by atoms with Crippen LogP contribution in [0, 0.1) is 6.92 Å². The van der Waals surface area contributed by atoms with Gasteiger partial charge in [-0.1, -0.05) is 35.9 Å². The van der Waals surface area contributed by atoms with E-state index in [9.17, 15) is 4.79 Å². The molecule has 5 nitrogen and oxygen atoms in total. The maximum absolute atomic E-state index is 12.5. The third-order valence-electron chi connectivity index (χ3n) is 3.74. The molecule has 0 unspecified atom stereocenters. The van der Waals surface area contributed by atoms with Crippen molar-refractivity contribution in [2.45, 2.75) is 6.92 Å². The Kier molecular flexibility index (Phi) is 4.28. The predicted octanol–water partition coefficient (Wildman–Crippen LogP) is 3.02. The molecule has 0 fully saturated rings. The zero-order valence-corrected chi connectivity index (χ0v) is 13.2. The Bertz CT molecular complexity index is 809. The van der Waals surface area contributed by atoms with Crippen LogP contribution in [0.2, 0.25) is 0 Å². The highest BCUT2D eigenvalue weighted by molar-refractivity contribution is 6.04. The molecular formula is C18H19N3O2. The van der Waals surface area contributed by atoms with Crippen LogP contribution < -0.4 is 4.74 Å². The fourth-order valence-corrected chi connectivity index (χ4v) is 2.34. The van der Waals surface area contributed by atoms with Gasteiger partial charge >= 0.3 is 0 Å². The Morgan fingerprint density at radius 3 is 2.70 bits per heavy atom. The quantitative estimate of drug-likeness (QED) is 0.788. The van der Waals surface area contributed by atoms with Crippen molar-refractivity contribution in [2.24, 2.45) is 0 Å². The van der Waals surface area contributed by atoms with E-state index in [0.717, 1.165) is 16.7 Å². The Hall–Kier alpha value is -2.82. The number of hydrogen-bond acceptors (Lipinski definition) is 3. The van der Waals surface area contributed by atoms with Crippen LogP contribution >= 0.6 is 0 Å². The lowest BCUT2D eigenvalue weighted by atomic mass is 10.2. The van der Waals surface area contributed by atoms with Crippen LogP contribution in [0.3, 0.4) is 0 Å². The van der Waals surface area contributed by atoms with E-state index in [-0.39, 0.29) is 5.91 Å². The van der Waals surface area contributed by atoms with Gasteiger partial charge in [0.05, 0.1) is 12.1 Å². The van der Waals surface area contributed by atoms with E-state index in [1.807, 2.05) is 55.5 Å². The highest BCUT2D eigenvalue weighted by Gasteiger charge is 2.17. The number of hydrogen-bond donors (Lipinski definition) is 1. The van der Waals surface area contributed by atoms with E-state index in [2.05, 4.69) is 10.2 Å². The molecule has 2 aromatic carbocycles. The average Bonchev–Trinajstić information content (AvgIpc) is 3.00. The number of benzene rings is 2. The second kappa shape index (κ2) is 6.52. The minimum Gasteiger partial charge on any atom is -0.492 e. The molecule has 0 aliphatic heterocycles. The third kappa shape index (κ3) is 3.34. The number of H-pyrrole nitrogens is 1. The summed E-state index contributed by atoms with van der Waals surface area (Å²) in [6, 6.07) is 15.5. The van der Waals surface area contributed by atoms with Crippen molar-refractivity contribution in [3.63, 3.8) is 0 Å². The van der Waals surface area contributed by atoms with Crippen molar-refractivity contribution < 1.29 is 9.53 Å². The normalized spacial score (nSPS) is 10.7. The molecule has 23 heavy (non-hydrogen) atoms. The zero-order valence-electron chi connectivity index (χ0n) is 13.2. The first-order chi connectivity index (χ1) is 11.1. The first kappa shape index (κ1) is 15.1. The van der Waals surface area contributed by atoms with Gasteiger partial charge in [0.2, 0.25) is 0 Å².